The van der Waals surface area contributed by atoms with Gasteiger partial charge in [0, 0.05) is 31.7 Å². The Kier molecular flexibility index (Phi) is 5.11. The predicted octanol–water partition coefficient (Wildman–Crippen LogP) is 3.01. The van der Waals surface area contributed by atoms with Crippen LogP contribution in [0.1, 0.15) is 33.6 Å². The van der Waals surface area contributed by atoms with E-state index in [2.05, 4.69) is 13.0 Å². The van der Waals surface area contributed by atoms with E-state index in [4.69, 9.17) is 4.74 Å². The van der Waals surface area contributed by atoms with Crippen molar-refractivity contribution in [2.75, 3.05) is 24.5 Å². The van der Waals surface area contributed by atoms with E-state index in [-0.39, 0.29) is 23.8 Å². The van der Waals surface area contributed by atoms with Gasteiger partial charge in [0.25, 0.3) is 0 Å². The summed E-state index contributed by atoms with van der Waals surface area (Å²) >= 11 is 0. The molecule has 3 rings (SSSR count). The van der Waals surface area contributed by atoms with Crippen LogP contribution in [0.5, 0.6) is 5.75 Å². The minimum Gasteiger partial charge on any atom is -0.491 e. The number of carbonyl (C=O) groups is 2. The van der Waals surface area contributed by atoms with Crippen LogP contribution in [0.3, 0.4) is 0 Å². The van der Waals surface area contributed by atoms with Gasteiger partial charge in [-0.25, -0.2) is 0 Å². The van der Waals surface area contributed by atoms with Crippen molar-refractivity contribution in [1.82, 2.24) is 4.90 Å². The molecule has 0 spiro atoms. The van der Waals surface area contributed by atoms with Crippen LogP contribution in [-0.4, -0.2) is 42.5 Å². The maximum atomic E-state index is 12.7. The number of amides is 2. The fourth-order valence-corrected chi connectivity index (χ4v) is 3.33. The van der Waals surface area contributed by atoms with E-state index in [1.165, 1.54) is 5.57 Å². The SMILES string of the molecule is CC1=CCN(C(=O)[C@@H]2CC(=O)N(c3ccc(OC(C)C)cc3)C2)CC1. The van der Waals surface area contributed by atoms with Crippen LogP contribution in [0.2, 0.25) is 0 Å². The molecule has 1 aromatic carbocycles. The van der Waals surface area contributed by atoms with Crippen molar-refractivity contribution < 1.29 is 14.3 Å². The molecule has 2 amide bonds. The zero-order valence-electron chi connectivity index (χ0n) is 15.2. The molecule has 0 aromatic heterocycles. The molecule has 0 unspecified atom stereocenters. The molecular weight excluding hydrogens is 316 g/mol. The molecule has 5 heteroatoms. The number of carbonyl (C=O) groups excluding carboxylic acids is 2. The second-order valence-electron chi connectivity index (χ2n) is 7.15. The molecule has 0 saturated carbocycles. The molecule has 0 bridgehead atoms. The smallest absolute Gasteiger partial charge is 0.228 e. The fraction of sp³-hybridized carbons (Fsp3) is 0.500. The minimum atomic E-state index is -0.245. The van der Waals surface area contributed by atoms with E-state index in [0.717, 1.165) is 24.4 Å². The molecule has 1 aromatic rings. The van der Waals surface area contributed by atoms with Gasteiger partial charge in [-0.05, 0) is 51.5 Å². The number of anilines is 1. The van der Waals surface area contributed by atoms with Gasteiger partial charge in [0.2, 0.25) is 11.8 Å². The molecule has 2 aliphatic rings. The van der Waals surface area contributed by atoms with Crippen molar-refractivity contribution in [1.29, 1.82) is 0 Å². The summed E-state index contributed by atoms with van der Waals surface area (Å²) in [4.78, 5) is 28.7. The van der Waals surface area contributed by atoms with Gasteiger partial charge >= 0.3 is 0 Å². The number of rotatable bonds is 4. The molecule has 0 N–H and O–H groups in total. The average molecular weight is 342 g/mol. The van der Waals surface area contributed by atoms with E-state index in [1.807, 2.05) is 43.0 Å². The van der Waals surface area contributed by atoms with Crippen molar-refractivity contribution >= 4 is 17.5 Å². The molecule has 1 saturated heterocycles. The molecule has 0 aliphatic carbocycles. The third-order valence-electron chi connectivity index (χ3n) is 4.74. The lowest BCUT2D eigenvalue weighted by Gasteiger charge is -2.28. The highest BCUT2D eigenvalue weighted by Gasteiger charge is 2.37. The Morgan fingerprint density at radius 2 is 1.96 bits per heavy atom. The van der Waals surface area contributed by atoms with Gasteiger partial charge in [0.1, 0.15) is 5.75 Å². The first-order valence-electron chi connectivity index (χ1n) is 8.95. The molecule has 134 valence electrons. The first kappa shape index (κ1) is 17.5. The lowest BCUT2D eigenvalue weighted by Crippen LogP contribution is -2.39. The quantitative estimate of drug-likeness (QED) is 0.791. The fourth-order valence-electron chi connectivity index (χ4n) is 3.33. The Morgan fingerprint density at radius 1 is 1.24 bits per heavy atom. The van der Waals surface area contributed by atoms with Crippen LogP contribution in [0.15, 0.2) is 35.9 Å². The zero-order chi connectivity index (χ0) is 18.0. The minimum absolute atomic E-state index is 0.0135. The number of hydrogen-bond donors (Lipinski definition) is 0. The standard InChI is InChI=1S/C20H26N2O3/c1-14(2)25-18-6-4-17(5-7-18)22-13-16(12-19(22)23)20(24)21-10-8-15(3)9-11-21/h4-8,14,16H,9-13H2,1-3H3/t16-/m1/s1. The monoisotopic (exact) mass is 342 g/mol. The highest BCUT2D eigenvalue weighted by molar-refractivity contribution is 6.00. The molecule has 2 aliphatic heterocycles. The van der Waals surface area contributed by atoms with E-state index in [0.29, 0.717) is 19.5 Å². The van der Waals surface area contributed by atoms with Gasteiger partial charge in [-0.3, -0.25) is 9.59 Å². The molecule has 0 radical (unpaired) electrons. The van der Waals surface area contributed by atoms with Crippen molar-refractivity contribution in [3.63, 3.8) is 0 Å². The van der Waals surface area contributed by atoms with Crippen LogP contribution in [0.25, 0.3) is 0 Å². The Bertz CT molecular complexity index is 679. The van der Waals surface area contributed by atoms with E-state index in [9.17, 15) is 9.59 Å². The molecular formula is C20H26N2O3. The molecule has 1 fully saturated rings. The van der Waals surface area contributed by atoms with Crippen molar-refractivity contribution in [2.24, 2.45) is 5.92 Å². The van der Waals surface area contributed by atoms with Crippen LogP contribution in [-0.2, 0) is 9.59 Å². The first-order chi connectivity index (χ1) is 11.9. The van der Waals surface area contributed by atoms with Crippen LogP contribution >= 0.6 is 0 Å². The first-order valence-corrected chi connectivity index (χ1v) is 8.95. The number of ether oxygens (including phenoxy) is 1. The summed E-state index contributed by atoms with van der Waals surface area (Å²) < 4.78 is 5.64. The Morgan fingerprint density at radius 3 is 2.56 bits per heavy atom. The van der Waals surface area contributed by atoms with Gasteiger partial charge in [-0.15, -0.1) is 0 Å². The summed E-state index contributed by atoms with van der Waals surface area (Å²) in [5, 5.41) is 0. The Labute approximate surface area is 149 Å². The third-order valence-corrected chi connectivity index (χ3v) is 4.74. The summed E-state index contributed by atoms with van der Waals surface area (Å²) in [5.74, 6) is 0.651. The maximum absolute atomic E-state index is 12.7. The number of hydrogen-bond acceptors (Lipinski definition) is 3. The highest BCUT2D eigenvalue weighted by atomic mass is 16.5. The largest absolute Gasteiger partial charge is 0.491 e. The molecule has 5 nitrogen and oxygen atoms in total. The van der Waals surface area contributed by atoms with Crippen molar-refractivity contribution in [3.8, 4) is 5.75 Å². The second-order valence-corrected chi connectivity index (χ2v) is 7.15. The Hall–Kier alpha value is -2.30. The molecule has 1 atom stereocenters. The summed E-state index contributed by atoms with van der Waals surface area (Å²) in [7, 11) is 0. The van der Waals surface area contributed by atoms with Gasteiger partial charge < -0.3 is 14.5 Å². The van der Waals surface area contributed by atoms with Crippen LogP contribution < -0.4 is 9.64 Å². The highest BCUT2D eigenvalue weighted by Crippen LogP contribution is 2.28. The third kappa shape index (κ3) is 4.03. The molecule has 2 heterocycles. The average Bonchev–Trinajstić information content (AvgIpc) is 2.97. The summed E-state index contributed by atoms with van der Waals surface area (Å²) in [5.41, 5.74) is 2.16. The lowest BCUT2D eigenvalue weighted by atomic mass is 10.0. The van der Waals surface area contributed by atoms with Gasteiger partial charge in [-0.1, -0.05) is 11.6 Å². The normalized spacial score (nSPS) is 20.9. The van der Waals surface area contributed by atoms with Gasteiger partial charge in [0.15, 0.2) is 0 Å². The number of benzene rings is 1. The lowest BCUT2D eigenvalue weighted by molar-refractivity contribution is -0.135. The second kappa shape index (κ2) is 7.30. The van der Waals surface area contributed by atoms with Crippen LogP contribution in [0.4, 0.5) is 5.69 Å². The van der Waals surface area contributed by atoms with E-state index in [1.54, 1.807) is 4.90 Å². The van der Waals surface area contributed by atoms with Crippen molar-refractivity contribution in [3.05, 3.63) is 35.9 Å². The maximum Gasteiger partial charge on any atom is 0.228 e. The predicted molar refractivity (Wildman–Crippen MR) is 97.6 cm³/mol. The summed E-state index contributed by atoms with van der Waals surface area (Å²) in [6.07, 6.45) is 3.43. The zero-order valence-corrected chi connectivity index (χ0v) is 15.2. The summed E-state index contributed by atoms with van der Waals surface area (Å²) in [6, 6.07) is 7.51. The number of nitrogens with zero attached hydrogens (tertiary/aromatic N) is 2. The Balaban J connectivity index is 1.65. The molecule has 25 heavy (non-hydrogen) atoms. The van der Waals surface area contributed by atoms with Crippen molar-refractivity contribution in [2.45, 2.75) is 39.7 Å². The van der Waals surface area contributed by atoms with E-state index < -0.39 is 0 Å². The summed E-state index contributed by atoms with van der Waals surface area (Å²) in [6.45, 7) is 7.93. The van der Waals surface area contributed by atoms with Gasteiger partial charge in [0.05, 0.1) is 12.0 Å². The van der Waals surface area contributed by atoms with E-state index >= 15 is 0 Å². The topological polar surface area (TPSA) is 49.9 Å². The van der Waals surface area contributed by atoms with Crippen LogP contribution in [0, 0.1) is 5.92 Å². The van der Waals surface area contributed by atoms with Gasteiger partial charge in [-0.2, -0.15) is 0 Å².